The fourth-order valence-electron chi connectivity index (χ4n) is 1.43. The minimum atomic E-state index is -0.329. The van der Waals surface area contributed by atoms with Gasteiger partial charge in [-0.1, -0.05) is 18.2 Å². The van der Waals surface area contributed by atoms with Crippen molar-refractivity contribution >= 4 is 34.8 Å². The van der Waals surface area contributed by atoms with E-state index in [0.29, 0.717) is 5.75 Å². The zero-order chi connectivity index (χ0) is 13.2. The molecule has 0 spiro atoms. The van der Waals surface area contributed by atoms with Crippen molar-refractivity contribution in [1.82, 2.24) is 0 Å². The van der Waals surface area contributed by atoms with E-state index in [4.69, 9.17) is 0 Å². The summed E-state index contributed by atoms with van der Waals surface area (Å²) < 4.78 is 0. The quantitative estimate of drug-likeness (QED) is 0.240. The topological polar surface area (TPSA) is 55.5 Å². The second-order valence-corrected chi connectivity index (χ2v) is 4.91. The van der Waals surface area contributed by atoms with Gasteiger partial charge in [-0.2, -0.15) is 11.8 Å². The molecule has 1 aromatic carbocycles. The van der Waals surface area contributed by atoms with Crippen molar-refractivity contribution in [2.24, 2.45) is 4.99 Å². The van der Waals surface area contributed by atoms with E-state index in [2.05, 4.69) is 22.4 Å². The minimum absolute atomic E-state index is 0.204. The zero-order valence-electron chi connectivity index (χ0n) is 9.87. The molecule has 0 N–H and O–H groups in total. The Kier molecular flexibility index (Phi) is 7.25. The number of thioether (sulfide) groups is 1. The van der Waals surface area contributed by atoms with Crippen molar-refractivity contribution in [3.63, 3.8) is 0 Å². The second-order valence-electron chi connectivity index (χ2n) is 3.62. The van der Waals surface area contributed by atoms with E-state index >= 15 is 0 Å². The van der Waals surface area contributed by atoms with Crippen LogP contribution in [0.5, 0.6) is 0 Å². The first-order valence-electron chi connectivity index (χ1n) is 5.59. The predicted octanol–water partition coefficient (Wildman–Crippen LogP) is 3.71. The molecule has 0 aromatic heterocycles. The Balaban J connectivity index is 2.31. The maximum Gasteiger partial charge on any atom is 0.273 e. The lowest BCUT2D eigenvalue weighted by atomic mass is 10.2. The highest BCUT2D eigenvalue weighted by molar-refractivity contribution is 7.98. The standard InChI is InChI=1S/C12H14N2O2S2/c15-14(16)12-6-2-1-5-11(12)9-18-8-4-3-7-13-10-17/h1-2,5-6H,3-4,7-9H2. The van der Waals surface area contributed by atoms with Crippen LogP contribution in [-0.4, -0.2) is 22.4 Å². The van der Waals surface area contributed by atoms with Crippen LogP contribution in [0, 0.1) is 10.1 Å². The monoisotopic (exact) mass is 282 g/mol. The number of benzene rings is 1. The number of nitro benzene ring substituents is 1. The summed E-state index contributed by atoms with van der Waals surface area (Å²) in [5, 5.41) is 13.1. The fraction of sp³-hybridized carbons (Fsp3) is 0.417. The number of unbranched alkanes of at least 4 members (excludes halogenated alkanes) is 1. The summed E-state index contributed by atoms with van der Waals surface area (Å²) >= 11 is 6.17. The molecular weight excluding hydrogens is 268 g/mol. The maximum absolute atomic E-state index is 10.8. The average Bonchev–Trinajstić information content (AvgIpc) is 2.38. The molecule has 0 saturated carbocycles. The van der Waals surface area contributed by atoms with Gasteiger partial charge in [-0.25, -0.2) is 4.99 Å². The highest BCUT2D eigenvalue weighted by Crippen LogP contribution is 2.23. The van der Waals surface area contributed by atoms with Crippen LogP contribution in [0.4, 0.5) is 5.69 Å². The Morgan fingerprint density at radius 2 is 2.17 bits per heavy atom. The number of rotatable bonds is 8. The lowest BCUT2D eigenvalue weighted by molar-refractivity contribution is -0.385. The molecule has 0 unspecified atom stereocenters. The van der Waals surface area contributed by atoms with Crippen LogP contribution in [0.2, 0.25) is 0 Å². The third kappa shape index (κ3) is 5.40. The maximum atomic E-state index is 10.8. The number of nitrogens with zero attached hydrogens (tertiary/aromatic N) is 2. The molecule has 6 heteroatoms. The molecule has 0 atom stereocenters. The summed E-state index contributed by atoms with van der Waals surface area (Å²) in [5.41, 5.74) is 0.986. The third-order valence-corrected chi connectivity index (χ3v) is 3.54. The Labute approximate surface area is 116 Å². The number of isothiocyanates is 1. The Bertz CT molecular complexity index is 445. The Morgan fingerprint density at radius 1 is 1.39 bits per heavy atom. The summed E-state index contributed by atoms with van der Waals surface area (Å²) in [6, 6.07) is 6.87. The van der Waals surface area contributed by atoms with Crippen molar-refractivity contribution in [3.8, 4) is 0 Å². The van der Waals surface area contributed by atoms with Gasteiger partial charge < -0.3 is 0 Å². The van der Waals surface area contributed by atoms with E-state index in [1.54, 1.807) is 23.9 Å². The highest BCUT2D eigenvalue weighted by atomic mass is 32.2. The normalized spacial score (nSPS) is 9.78. The van der Waals surface area contributed by atoms with E-state index in [1.807, 2.05) is 12.1 Å². The van der Waals surface area contributed by atoms with E-state index in [1.165, 1.54) is 0 Å². The second kappa shape index (κ2) is 8.80. The van der Waals surface area contributed by atoms with E-state index < -0.39 is 0 Å². The van der Waals surface area contributed by atoms with Crippen molar-refractivity contribution in [3.05, 3.63) is 39.9 Å². The van der Waals surface area contributed by atoms with Gasteiger partial charge in [0.2, 0.25) is 0 Å². The minimum Gasteiger partial charge on any atom is -0.258 e. The van der Waals surface area contributed by atoms with Crippen LogP contribution in [-0.2, 0) is 5.75 Å². The van der Waals surface area contributed by atoms with Gasteiger partial charge in [-0.05, 0) is 30.8 Å². The smallest absolute Gasteiger partial charge is 0.258 e. The van der Waals surface area contributed by atoms with Crippen LogP contribution < -0.4 is 0 Å². The van der Waals surface area contributed by atoms with Gasteiger partial charge in [0, 0.05) is 23.9 Å². The fourth-order valence-corrected chi connectivity index (χ4v) is 2.54. The van der Waals surface area contributed by atoms with Crippen LogP contribution in [0.1, 0.15) is 18.4 Å². The molecule has 0 aliphatic carbocycles. The lowest BCUT2D eigenvalue weighted by Crippen LogP contribution is -1.94. The van der Waals surface area contributed by atoms with Crippen molar-refractivity contribution in [2.45, 2.75) is 18.6 Å². The number of aliphatic imine (C=N–C) groups is 1. The molecule has 0 fully saturated rings. The number of hydrogen-bond acceptors (Lipinski definition) is 5. The molecular formula is C12H14N2O2S2. The zero-order valence-corrected chi connectivity index (χ0v) is 11.5. The summed E-state index contributed by atoms with van der Waals surface area (Å²) in [4.78, 5) is 14.3. The molecule has 18 heavy (non-hydrogen) atoms. The number of hydrogen-bond donors (Lipinski definition) is 0. The van der Waals surface area contributed by atoms with Gasteiger partial charge in [0.15, 0.2) is 0 Å². The van der Waals surface area contributed by atoms with E-state index in [-0.39, 0.29) is 10.6 Å². The summed E-state index contributed by atoms with van der Waals surface area (Å²) in [6.45, 7) is 0.718. The largest absolute Gasteiger partial charge is 0.273 e. The van der Waals surface area contributed by atoms with Crippen LogP contribution in [0.15, 0.2) is 29.3 Å². The van der Waals surface area contributed by atoms with Crippen molar-refractivity contribution in [2.75, 3.05) is 12.3 Å². The third-order valence-electron chi connectivity index (χ3n) is 2.32. The van der Waals surface area contributed by atoms with Crippen LogP contribution >= 0.6 is 24.0 Å². The van der Waals surface area contributed by atoms with Gasteiger partial charge in [0.05, 0.1) is 10.1 Å². The first-order chi connectivity index (χ1) is 8.75. The summed E-state index contributed by atoms with van der Waals surface area (Å²) in [7, 11) is 0. The molecule has 0 heterocycles. The van der Waals surface area contributed by atoms with E-state index in [9.17, 15) is 10.1 Å². The summed E-state index contributed by atoms with van der Waals surface area (Å²) in [6.07, 6.45) is 2.01. The van der Waals surface area contributed by atoms with Gasteiger partial charge in [0.1, 0.15) is 0 Å². The van der Waals surface area contributed by atoms with Gasteiger partial charge >= 0.3 is 0 Å². The molecule has 1 rings (SSSR count). The number of para-hydroxylation sites is 1. The summed E-state index contributed by atoms with van der Waals surface area (Å²) in [5.74, 6) is 1.65. The molecule has 0 bridgehead atoms. The van der Waals surface area contributed by atoms with Gasteiger partial charge in [-0.15, -0.1) is 0 Å². The Morgan fingerprint density at radius 3 is 2.89 bits per heavy atom. The number of thiocarbonyl (C=S) groups is 1. The molecule has 4 nitrogen and oxygen atoms in total. The molecule has 0 radical (unpaired) electrons. The van der Waals surface area contributed by atoms with Gasteiger partial charge in [0.25, 0.3) is 5.69 Å². The van der Waals surface area contributed by atoms with Gasteiger partial charge in [-0.3, -0.25) is 10.1 Å². The first-order valence-corrected chi connectivity index (χ1v) is 7.15. The van der Waals surface area contributed by atoms with Crippen LogP contribution in [0.25, 0.3) is 0 Å². The molecule has 0 saturated heterocycles. The van der Waals surface area contributed by atoms with E-state index in [0.717, 1.165) is 30.7 Å². The molecule has 0 aliphatic rings. The predicted molar refractivity (Wildman–Crippen MR) is 78.4 cm³/mol. The molecule has 0 aliphatic heterocycles. The molecule has 96 valence electrons. The molecule has 0 amide bonds. The Hall–Kier alpha value is -1.23. The first kappa shape index (κ1) is 14.8. The van der Waals surface area contributed by atoms with Crippen molar-refractivity contribution in [1.29, 1.82) is 0 Å². The highest BCUT2D eigenvalue weighted by Gasteiger charge is 2.11. The van der Waals surface area contributed by atoms with Crippen LogP contribution in [0.3, 0.4) is 0 Å². The van der Waals surface area contributed by atoms with Crippen molar-refractivity contribution < 1.29 is 4.92 Å². The number of nitro groups is 1. The molecule has 1 aromatic rings. The average molecular weight is 282 g/mol. The lowest BCUT2D eigenvalue weighted by Gasteiger charge is -2.02. The SMILES string of the molecule is O=[N+]([O-])c1ccccc1CSCCCCN=C=S.